The molecule has 2 aliphatic rings. The molecular weight excluding hydrogens is 192 g/mol. The summed E-state index contributed by atoms with van der Waals surface area (Å²) in [6.07, 6.45) is 5.57. The van der Waals surface area contributed by atoms with Gasteiger partial charge in [0.1, 0.15) is 0 Å². The Morgan fingerprint density at radius 2 is 2.20 bits per heavy atom. The van der Waals surface area contributed by atoms with Gasteiger partial charge < -0.3 is 9.47 Å². The molecule has 2 bridgehead atoms. The molecule has 0 amide bonds. The van der Waals surface area contributed by atoms with Crippen molar-refractivity contribution in [2.45, 2.75) is 39.4 Å². The molecule has 0 aromatic rings. The first kappa shape index (κ1) is 10.7. The molecule has 3 unspecified atom stereocenters. The number of ether oxygens (including phenoxy) is 2. The summed E-state index contributed by atoms with van der Waals surface area (Å²) in [5.41, 5.74) is -0.408. The molecule has 2 aliphatic heterocycles. The third-order valence-electron chi connectivity index (χ3n) is 2.89. The Labute approximate surface area is 90.4 Å². The highest BCUT2D eigenvalue weighted by Crippen LogP contribution is 2.34. The first-order valence-electron chi connectivity index (χ1n) is 5.48. The van der Waals surface area contributed by atoms with Gasteiger partial charge in [-0.2, -0.15) is 0 Å². The van der Waals surface area contributed by atoms with Gasteiger partial charge in [-0.05, 0) is 27.2 Å². The van der Waals surface area contributed by atoms with Crippen LogP contribution in [0.4, 0.5) is 0 Å². The van der Waals surface area contributed by atoms with Gasteiger partial charge in [0.2, 0.25) is 0 Å². The Kier molecular flexibility index (Phi) is 2.59. The van der Waals surface area contributed by atoms with Crippen LogP contribution in [-0.4, -0.2) is 24.8 Å². The molecule has 84 valence electrons. The summed E-state index contributed by atoms with van der Waals surface area (Å²) >= 11 is 0. The van der Waals surface area contributed by atoms with E-state index in [0.29, 0.717) is 12.5 Å². The number of hydrogen-bond donors (Lipinski definition) is 0. The molecule has 3 heteroatoms. The molecule has 3 atom stereocenters. The van der Waals surface area contributed by atoms with Crippen LogP contribution < -0.4 is 0 Å². The third-order valence-corrected chi connectivity index (χ3v) is 2.89. The molecule has 0 saturated carbocycles. The van der Waals surface area contributed by atoms with Crippen LogP contribution in [0.25, 0.3) is 0 Å². The van der Waals surface area contributed by atoms with Crippen LogP contribution in [0.5, 0.6) is 0 Å². The van der Waals surface area contributed by atoms with Gasteiger partial charge in [-0.25, -0.2) is 0 Å². The van der Waals surface area contributed by atoms with Crippen molar-refractivity contribution in [3.05, 3.63) is 12.2 Å². The van der Waals surface area contributed by atoms with Crippen LogP contribution in [-0.2, 0) is 14.3 Å². The number of hydrogen-bond acceptors (Lipinski definition) is 3. The topological polar surface area (TPSA) is 35.5 Å². The van der Waals surface area contributed by atoms with Crippen LogP contribution in [0.1, 0.15) is 27.2 Å². The summed E-state index contributed by atoms with van der Waals surface area (Å²) < 4.78 is 10.9. The summed E-state index contributed by atoms with van der Waals surface area (Å²) in [4.78, 5) is 11.5. The molecule has 0 radical (unpaired) electrons. The van der Waals surface area contributed by atoms with Gasteiger partial charge in [0.25, 0.3) is 0 Å². The van der Waals surface area contributed by atoms with E-state index in [0.717, 1.165) is 6.42 Å². The Hall–Kier alpha value is -0.830. The molecule has 1 saturated heterocycles. The van der Waals surface area contributed by atoms with Gasteiger partial charge in [0, 0.05) is 5.92 Å². The van der Waals surface area contributed by atoms with Crippen LogP contribution >= 0.6 is 0 Å². The standard InChI is InChI=1S/C12H18O3/c1-12(2,3)11(13)14-7-8-6-9-4-5-10(8)15-9/h4-5,8-10H,6-7H2,1-3H3. The van der Waals surface area contributed by atoms with Gasteiger partial charge in [-0.3, -0.25) is 4.79 Å². The zero-order valence-corrected chi connectivity index (χ0v) is 9.53. The smallest absolute Gasteiger partial charge is 0.311 e. The maximum Gasteiger partial charge on any atom is 0.311 e. The van der Waals surface area contributed by atoms with Crippen molar-refractivity contribution in [2.75, 3.05) is 6.61 Å². The molecule has 2 heterocycles. The van der Waals surface area contributed by atoms with Crippen molar-refractivity contribution in [2.24, 2.45) is 11.3 Å². The van der Waals surface area contributed by atoms with E-state index in [1.807, 2.05) is 20.8 Å². The van der Waals surface area contributed by atoms with E-state index >= 15 is 0 Å². The Balaban J connectivity index is 1.80. The number of esters is 1. The molecule has 0 spiro atoms. The van der Waals surface area contributed by atoms with Gasteiger partial charge in [0.05, 0.1) is 24.2 Å². The average Bonchev–Trinajstić information content (AvgIpc) is 2.73. The van der Waals surface area contributed by atoms with E-state index < -0.39 is 5.41 Å². The van der Waals surface area contributed by atoms with E-state index in [1.54, 1.807) is 0 Å². The number of carbonyl (C=O) groups is 1. The van der Waals surface area contributed by atoms with E-state index in [-0.39, 0.29) is 18.2 Å². The van der Waals surface area contributed by atoms with Gasteiger partial charge >= 0.3 is 5.97 Å². The molecule has 15 heavy (non-hydrogen) atoms. The third kappa shape index (κ3) is 2.23. The molecule has 0 aliphatic carbocycles. The Morgan fingerprint density at radius 1 is 1.47 bits per heavy atom. The van der Waals surface area contributed by atoms with Crippen molar-refractivity contribution in [1.29, 1.82) is 0 Å². The Bertz CT molecular complexity index is 288. The first-order valence-corrected chi connectivity index (χ1v) is 5.48. The van der Waals surface area contributed by atoms with Crippen LogP contribution in [0.2, 0.25) is 0 Å². The van der Waals surface area contributed by atoms with Crippen molar-refractivity contribution >= 4 is 5.97 Å². The predicted molar refractivity (Wildman–Crippen MR) is 56.3 cm³/mol. The summed E-state index contributed by atoms with van der Waals surface area (Å²) in [6.45, 7) is 6.09. The molecule has 1 fully saturated rings. The minimum absolute atomic E-state index is 0.130. The summed E-state index contributed by atoms with van der Waals surface area (Å²) in [5, 5.41) is 0. The highest BCUT2D eigenvalue weighted by Gasteiger charge is 2.37. The normalized spacial score (nSPS) is 33.4. The summed E-state index contributed by atoms with van der Waals surface area (Å²) in [7, 11) is 0. The fourth-order valence-electron chi connectivity index (χ4n) is 1.92. The fourth-order valence-corrected chi connectivity index (χ4v) is 1.92. The second-order valence-electron chi connectivity index (χ2n) is 5.37. The van der Waals surface area contributed by atoms with Crippen molar-refractivity contribution < 1.29 is 14.3 Å². The van der Waals surface area contributed by atoms with E-state index in [9.17, 15) is 4.79 Å². The SMILES string of the molecule is CC(C)(C)C(=O)OCC1CC2C=CC1O2. The zero-order valence-electron chi connectivity index (χ0n) is 9.53. The maximum atomic E-state index is 11.5. The second-order valence-corrected chi connectivity index (χ2v) is 5.37. The van der Waals surface area contributed by atoms with Crippen LogP contribution in [0, 0.1) is 11.3 Å². The van der Waals surface area contributed by atoms with Crippen molar-refractivity contribution in [3.8, 4) is 0 Å². The zero-order chi connectivity index (χ0) is 11.1. The predicted octanol–water partition coefficient (Wildman–Crippen LogP) is 1.92. The van der Waals surface area contributed by atoms with E-state index in [2.05, 4.69) is 12.2 Å². The molecule has 2 rings (SSSR count). The van der Waals surface area contributed by atoms with Crippen molar-refractivity contribution in [1.82, 2.24) is 0 Å². The second kappa shape index (κ2) is 3.63. The summed E-state index contributed by atoms with van der Waals surface area (Å²) in [6, 6.07) is 0. The summed E-state index contributed by atoms with van der Waals surface area (Å²) in [5.74, 6) is 0.223. The quantitative estimate of drug-likeness (QED) is 0.516. The van der Waals surface area contributed by atoms with Gasteiger partial charge in [-0.1, -0.05) is 12.2 Å². The molecule has 0 N–H and O–H groups in total. The minimum atomic E-state index is -0.408. The number of fused-ring (bicyclic) bond motifs is 2. The Morgan fingerprint density at radius 3 is 2.67 bits per heavy atom. The lowest BCUT2D eigenvalue weighted by molar-refractivity contribution is -0.154. The largest absolute Gasteiger partial charge is 0.465 e. The van der Waals surface area contributed by atoms with Crippen molar-refractivity contribution in [3.63, 3.8) is 0 Å². The van der Waals surface area contributed by atoms with E-state index in [4.69, 9.17) is 9.47 Å². The lowest BCUT2D eigenvalue weighted by Gasteiger charge is -2.20. The fraction of sp³-hybridized carbons (Fsp3) is 0.750. The molecule has 3 nitrogen and oxygen atoms in total. The lowest BCUT2D eigenvalue weighted by atomic mass is 9.94. The minimum Gasteiger partial charge on any atom is -0.465 e. The van der Waals surface area contributed by atoms with Gasteiger partial charge in [0.15, 0.2) is 0 Å². The van der Waals surface area contributed by atoms with Crippen LogP contribution in [0.3, 0.4) is 0 Å². The van der Waals surface area contributed by atoms with Crippen LogP contribution in [0.15, 0.2) is 12.2 Å². The highest BCUT2D eigenvalue weighted by atomic mass is 16.5. The highest BCUT2D eigenvalue weighted by molar-refractivity contribution is 5.75. The number of carbonyl (C=O) groups excluding carboxylic acids is 1. The average molecular weight is 210 g/mol. The monoisotopic (exact) mass is 210 g/mol. The molecular formula is C12H18O3. The number of rotatable bonds is 2. The lowest BCUT2D eigenvalue weighted by Crippen LogP contribution is -2.27. The van der Waals surface area contributed by atoms with E-state index in [1.165, 1.54) is 0 Å². The molecule has 0 aromatic carbocycles. The first-order chi connectivity index (χ1) is 6.97. The van der Waals surface area contributed by atoms with Gasteiger partial charge in [-0.15, -0.1) is 0 Å². The molecule has 0 aromatic heterocycles. The maximum absolute atomic E-state index is 11.5.